The van der Waals surface area contributed by atoms with Crippen molar-refractivity contribution in [2.45, 2.75) is 105 Å². The van der Waals surface area contributed by atoms with Crippen LogP contribution in [0, 0.1) is 21.7 Å². The van der Waals surface area contributed by atoms with Crippen LogP contribution in [-0.4, -0.2) is 156 Å². The van der Waals surface area contributed by atoms with Crippen molar-refractivity contribution in [1.29, 1.82) is 0 Å². The highest BCUT2D eigenvalue weighted by molar-refractivity contribution is 5.97. The van der Waals surface area contributed by atoms with Crippen molar-refractivity contribution in [2.24, 2.45) is 21.7 Å². The summed E-state index contributed by atoms with van der Waals surface area (Å²) in [6.45, 7) is 22.5. The quantitative estimate of drug-likeness (QED) is 0.0197. The number of rotatable bonds is 48. The van der Waals surface area contributed by atoms with Crippen LogP contribution >= 0.6 is 0 Å². The third kappa shape index (κ3) is 23.6. The summed E-state index contributed by atoms with van der Waals surface area (Å²) in [5.74, 6) is -1.79. The SMILES string of the molecule is CCC1(COCCCCOc2ccc(-c3ccc(C(=O)Oc4cc(OC(=O)c5ccc(-c6ccc(OCCCCOCC7(CC)COC7)cc6)cc5)c(OC(=O)c5ccc(-c6ccc(OCCCCOCC7(CC)COC7)cc6)cc5)cc4OC(=O)c4ccc(-c5ccc(OCCCCOCC6(CC)COC6)cc5)cc4)cc3)cc2)COC1. The maximum Gasteiger partial charge on any atom is 0.343 e. The van der Waals surface area contributed by atoms with E-state index in [1.165, 1.54) is 12.1 Å². The zero-order valence-corrected chi connectivity index (χ0v) is 68.4. The van der Waals surface area contributed by atoms with Gasteiger partial charge in [-0.25, -0.2) is 19.2 Å². The van der Waals surface area contributed by atoms with Gasteiger partial charge in [0.1, 0.15) is 23.0 Å². The predicted molar refractivity (Wildman–Crippen MR) is 450 cm³/mol. The molecule has 118 heavy (non-hydrogen) atoms. The number of benzene rings is 9. The highest BCUT2D eigenvalue weighted by atomic mass is 16.6. The summed E-state index contributed by atoms with van der Waals surface area (Å²) in [7, 11) is 0. The van der Waals surface area contributed by atoms with Crippen LogP contribution < -0.4 is 37.9 Å². The smallest absolute Gasteiger partial charge is 0.343 e. The van der Waals surface area contributed by atoms with Gasteiger partial charge in [-0.1, -0.05) is 125 Å². The molecule has 0 unspecified atom stereocenters. The Hall–Kier alpha value is -10.3. The van der Waals surface area contributed by atoms with Crippen LogP contribution in [0.1, 0.15) is 146 Å². The second-order valence-electron chi connectivity index (χ2n) is 31.5. The molecule has 13 rings (SSSR count). The molecule has 0 bridgehead atoms. The Morgan fingerprint density at radius 1 is 0.246 bits per heavy atom. The molecule has 0 radical (unpaired) electrons. The molecule has 0 aliphatic carbocycles. The largest absolute Gasteiger partial charge is 0.494 e. The zero-order valence-electron chi connectivity index (χ0n) is 68.4. The molecule has 4 heterocycles. The van der Waals surface area contributed by atoms with Crippen LogP contribution in [-0.2, 0) is 37.9 Å². The molecular formula is C98H110O20. The second kappa shape index (κ2) is 42.4. The molecule has 9 aromatic rings. The maximum absolute atomic E-state index is 14.6. The van der Waals surface area contributed by atoms with Gasteiger partial charge in [-0.15, -0.1) is 0 Å². The number of hydrogen-bond acceptors (Lipinski definition) is 20. The topological polar surface area (TPSA) is 216 Å². The summed E-state index contributed by atoms with van der Waals surface area (Å²) in [5.41, 5.74) is 7.97. The van der Waals surface area contributed by atoms with Gasteiger partial charge in [-0.3, -0.25) is 0 Å². The molecule has 4 aliphatic rings. The molecule has 20 heteroatoms. The van der Waals surface area contributed by atoms with E-state index < -0.39 is 23.9 Å². The fourth-order valence-electron chi connectivity index (χ4n) is 13.9. The van der Waals surface area contributed by atoms with Crippen molar-refractivity contribution >= 4 is 23.9 Å². The van der Waals surface area contributed by atoms with Crippen molar-refractivity contribution in [3.63, 3.8) is 0 Å². The van der Waals surface area contributed by atoms with Crippen LogP contribution in [0.2, 0.25) is 0 Å². The predicted octanol–water partition coefficient (Wildman–Crippen LogP) is 19.6. The third-order valence-corrected chi connectivity index (χ3v) is 22.8. The first-order chi connectivity index (χ1) is 57.7. The van der Waals surface area contributed by atoms with Crippen LogP contribution in [0.3, 0.4) is 0 Å². The summed E-state index contributed by atoms with van der Waals surface area (Å²) in [6, 6.07) is 60.5. The summed E-state index contributed by atoms with van der Waals surface area (Å²) < 4.78 is 94.6. The van der Waals surface area contributed by atoms with E-state index in [-0.39, 0.29) is 66.9 Å². The average molecular weight is 1610 g/mol. The lowest BCUT2D eigenvalue weighted by atomic mass is 9.84. The lowest BCUT2D eigenvalue weighted by Gasteiger charge is -2.40. The Bertz CT molecular complexity index is 4030. The van der Waals surface area contributed by atoms with Gasteiger partial charge >= 0.3 is 23.9 Å². The molecule has 622 valence electrons. The molecule has 4 fully saturated rings. The lowest BCUT2D eigenvalue weighted by molar-refractivity contribution is -0.150. The van der Waals surface area contributed by atoms with Crippen LogP contribution in [0.4, 0.5) is 0 Å². The molecule has 20 nitrogen and oxygen atoms in total. The number of unbranched alkanes of at least 4 members (excludes halogenated alkanes) is 4. The number of carbonyl (C=O) groups excluding carboxylic acids is 4. The highest BCUT2D eigenvalue weighted by Crippen LogP contribution is 2.43. The van der Waals surface area contributed by atoms with Gasteiger partial charge in [0.25, 0.3) is 0 Å². The van der Waals surface area contributed by atoms with E-state index in [0.29, 0.717) is 79.3 Å². The van der Waals surface area contributed by atoms with E-state index in [9.17, 15) is 19.2 Å². The molecule has 4 saturated heterocycles. The second-order valence-corrected chi connectivity index (χ2v) is 31.5. The van der Waals surface area contributed by atoms with E-state index in [1.807, 2.05) is 97.1 Å². The molecular weight excluding hydrogens is 1500 g/mol. The average Bonchev–Trinajstić information content (AvgIpc) is 0.784. The Morgan fingerprint density at radius 2 is 0.415 bits per heavy atom. The van der Waals surface area contributed by atoms with Gasteiger partial charge < -0.3 is 75.8 Å². The molecule has 0 atom stereocenters. The van der Waals surface area contributed by atoms with Gasteiger partial charge in [0.15, 0.2) is 23.0 Å². The summed E-state index contributed by atoms with van der Waals surface area (Å²) in [4.78, 5) is 58.2. The van der Waals surface area contributed by atoms with Crippen molar-refractivity contribution in [1.82, 2.24) is 0 Å². The normalized spacial score (nSPS) is 15.2. The number of carbonyl (C=O) groups is 4. The lowest BCUT2D eigenvalue weighted by Crippen LogP contribution is -2.45. The van der Waals surface area contributed by atoms with E-state index in [4.69, 9.17) is 75.8 Å². The first-order valence-electron chi connectivity index (χ1n) is 41.8. The monoisotopic (exact) mass is 1610 g/mol. The zero-order chi connectivity index (χ0) is 81.8. The van der Waals surface area contributed by atoms with Gasteiger partial charge in [0.2, 0.25) is 0 Å². The summed E-state index contributed by atoms with van der Waals surface area (Å²) >= 11 is 0. The number of ether oxygens (including phenoxy) is 16. The highest BCUT2D eigenvalue weighted by Gasteiger charge is 2.40. The van der Waals surface area contributed by atoms with E-state index in [1.54, 1.807) is 97.1 Å². The van der Waals surface area contributed by atoms with Crippen molar-refractivity contribution < 1.29 is 95.0 Å². The van der Waals surface area contributed by atoms with Crippen molar-refractivity contribution in [3.8, 4) is 90.5 Å². The number of hydrogen-bond donors (Lipinski definition) is 0. The first kappa shape index (κ1) is 85.6. The van der Waals surface area contributed by atoms with Gasteiger partial charge in [-0.2, -0.15) is 0 Å². The fourth-order valence-corrected chi connectivity index (χ4v) is 13.9. The Morgan fingerprint density at radius 3 is 0.576 bits per heavy atom. The summed E-state index contributed by atoms with van der Waals surface area (Å²) in [5, 5.41) is 0. The molecule has 0 N–H and O–H groups in total. The van der Waals surface area contributed by atoms with Gasteiger partial charge in [0.05, 0.1) is 128 Å². The Labute approximate surface area is 692 Å². The van der Waals surface area contributed by atoms with Gasteiger partial charge in [-0.05, 0) is 219 Å². The van der Waals surface area contributed by atoms with Crippen LogP contribution in [0.15, 0.2) is 206 Å². The first-order valence-corrected chi connectivity index (χ1v) is 41.8. The van der Waals surface area contributed by atoms with E-state index in [0.717, 1.165) is 197 Å². The van der Waals surface area contributed by atoms with E-state index >= 15 is 0 Å². The maximum atomic E-state index is 14.6. The van der Waals surface area contributed by atoms with E-state index in [2.05, 4.69) is 27.7 Å². The Kier molecular flexibility index (Phi) is 30.8. The van der Waals surface area contributed by atoms with Gasteiger partial charge in [0, 0.05) is 60.2 Å². The molecule has 0 amide bonds. The molecule has 0 spiro atoms. The molecule has 0 saturated carbocycles. The Balaban J connectivity index is 0.707. The minimum atomic E-state index is -0.844. The number of esters is 4. The minimum Gasteiger partial charge on any atom is -0.494 e. The van der Waals surface area contributed by atoms with Crippen LogP contribution in [0.25, 0.3) is 44.5 Å². The standard InChI is InChI=1S/C98H110O20/c1-5-95(63-107-64-95)59-103-49-9-13-53-111-83-41-33-75(34-42-83)71-17-25-79(26-18-71)91(99)115-87-57-89(117-93(101)81-29-21-73(22-30-81)77-37-45-85(46-38-77)113-55-15-11-51-105-61-97(7-3)67-109-68-97)90(118-94(102)82-31-23-74(24-32-82)78-39-47-86(48-40-78)114-56-16-12-52-106-62-98(8-4)69-110-70-98)58-88(87)116-92(100)80-27-19-72(20-28-80)76-35-43-84(44-36-76)112-54-14-10-50-104-60-96(6-2)65-108-66-96/h17-48,57-58H,5-16,49-56,59-70H2,1-4H3. The van der Waals surface area contributed by atoms with Crippen molar-refractivity contribution in [2.75, 3.05) is 132 Å². The molecule has 0 aromatic heterocycles. The molecule has 9 aromatic carbocycles. The third-order valence-electron chi connectivity index (χ3n) is 22.8. The van der Waals surface area contributed by atoms with Crippen molar-refractivity contribution in [3.05, 3.63) is 229 Å². The molecule has 4 aliphatic heterocycles. The fraction of sp³-hybridized carbons (Fsp3) is 0.408. The van der Waals surface area contributed by atoms with Crippen LogP contribution in [0.5, 0.6) is 46.0 Å². The minimum absolute atomic E-state index is 0.140. The summed E-state index contributed by atoms with van der Waals surface area (Å²) in [6.07, 6.45) is 11.1.